The molecule has 30 heavy (non-hydrogen) atoms. The number of carbonyl (C=O) groups is 1. The minimum atomic E-state index is -1.14. The molecule has 0 spiro atoms. The summed E-state index contributed by atoms with van der Waals surface area (Å²) in [4.78, 5) is 30.1. The van der Waals surface area contributed by atoms with Crippen molar-refractivity contribution in [3.8, 4) is 11.1 Å². The Kier molecular flexibility index (Phi) is 5.49. The normalized spacial score (nSPS) is 11.3. The standard InChI is InChI=1S/C22H19ClN2O4S/c1-3-4-18-24-20-19(15(11-30-20)13-5-7-16(23)12(2)9-13)21(26)25(18)10-14-6-8-17(29-14)22(27)28/h5-9,11H,3-4,10H2,1-2H3,(H,27,28). The highest BCUT2D eigenvalue weighted by atomic mass is 35.5. The molecule has 0 aliphatic heterocycles. The number of thiophene rings is 1. The maximum atomic E-state index is 13.5. The fourth-order valence-corrected chi connectivity index (χ4v) is 4.48. The Morgan fingerprint density at radius 2 is 2.10 bits per heavy atom. The van der Waals surface area contributed by atoms with E-state index >= 15 is 0 Å². The Hall–Kier alpha value is -2.90. The van der Waals surface area contributed by atoms with E-state index < -0.39 is 5.97 Å². The van der Waals surface area contributed by atoms with Crippen LogP contribution in [0.2, 0.25) is 5.02 Å². The van der Waals surface area contributed by atoms with Gasteiger partial charge in [0.2, 0.25) is 5.76 Å². The van der Waals surface area contributed by atoms with E-state index in [1.807, 2.05) is 37.4 Å². The average Bonchev–Trinajstić information content (AvgIpc) is 3.34. The highest BCUT2D eigenvalue weighted by molar-refractivity contribution is 7.17. The van der Waals surface area contributed by atoms with Crippen molar-refractivity contribution < 1.29 is 14.3 Å². The largest absolute Gasteiger partial charge is 0.475 e. The molecule has 3 heterocycles. The van der Waals surface area contributed by atoms with Gasteiger partial charge in [0, 0.05) is 22.4 Å². The summed E-state index contributed by atoms with van der Waals surface area (Å²) < 4.78 is 6.95. The van der Waals surface area contributed by atoms with Gasteiger partial charge in [0.25, 0.3) is 5.56 Å². The molecule has 0 saturated heterocycles. The van der Waals surface area contributed by atoms with Gasteiger partial charge >= 0.3 is 5.97 Å². The quantitative estimate of drug-likeness (QED) is 0.433. The molecule has 0 amide bonds. The number of aryl methyl sites for hydroxylation is 2. The predicted octanol–water partition coefficient (Wildman–Crippen LogP) is 5.38. The van der Waals surface area contributed by atoms with Gasteiger partial charge < -0.3 is 9.52 Å². The summed E-state index contributed by atoms with van der Waals surface area (Å²) in [6.45, 7) is 4.07. The molecule has 1 N–H and O–H groups in total. The van der Waals surface area contributed by atoms with Crippen molar-refractivity contribution in [2.45, 2.75) is 33.2 Å². The number of halogens is 1. The number of aromatic nitrogens is 2. The lowest BCUT2D eigenvalue weighted by atomic mass is 10.0. The summed E-state index contributed by atoms with van der Waals surface area (Å²) in [5.41, 5.74) is 2.49. The first-order valence-corrected chi connectivity index (χ1v) is 10.7. The minimum Gasteiger partial charge on any atom is -0.475 e. The molecule has 1 aromatic carbocycles. The lowest BCUT2D eigenvalue weighted by molar-refractivity contribution is 0.0660. The Balaban J connectivity index is 1.88. The summed E-state index contributed by atoms with van der Waals surface area (Å²) in [6, 6.07) is 8.64. The summed E-state index contributed by atoms with van der Waals surface area (Å²) in [5, 5.41) is 12.3. The molecule has 4 aromatic rings. The molecule has 6 nitrogen and oxygen atoms in total. The highest BCUT2D eigenvalue weighted by Gasteiger charge is 2.19. The second-order valence-corrected chi connectivity index (χ2v) is 8.30. The summed E-state index contributed by atoms with van der Waals surface area (Å²) in [7, 11) is 0. The summed E-state index contributed by atoms with van der Waals surface area (Å²) >= 11 is 7.60. The number of furan rings is 1. The van der Waals surface area contributed by atoms with E-state index in [1.165, 1.54) is 17.4 Å². The van der Waals surface area contributed by atoms with E-state index in [2.05, 4.69) is 0 Å². The average molecular weight is 443 g/mol. The molecule has 0 atom stereocenters. The van der Waals surface area contributed by atoms with Crippen molar-refractivity contribution in [1.29, 1.82) is 0 Å². The second kappa shape index (κ2) is 8.08. The lowest BCUT2D eigenvalue weighted by Crippen LogP contribution is -2.25. The molecule has 3 aromatic heterocycles. The molecule has 0 radical (unpaired) electrons. The number of carboxylic acid groups (broad SMARTS) is 1. The SMILES string of the molecule is CCCc1nc2scc(-c3ccc(Cl)c(C)c3)c2c(=O)n1Cc1ccc(C(=O)O)o1. The van der Waals surface area contributed by atoms with Crippen LogP contribution in [0.1, 0.15) is 41.0 Å². The van der Waals surface area contributed by atoms with E-state index in [0.29, 0.717) is 33.2 Å². The van der Waals surface area contributed by atoms with Crippen LogP contribution in [0.25, 0.3) is 21.3 Å². The molecule has 0 unspecified atom stereocenters. The van der Waals surface area contributed by atoms with Crippen molar-refractivity contribution in [1.82, 2.24) is 9.55 Å². The number of carboxylic acids is 1. The first-order valence-electron chi connectivity index (χ1n) is 9.48. The van der Waals surface area contributed by atoms with Gasteiger partial charge in [-0.05, 0) is 48.7 Å². The van der Waals surface area contributed by atoms with Crippen LogP contribution in [-0.4, -0.2) is 20.6 Å². The zero-order valence-corrected chi connectivity index (χ0v) is 18.0. The van der Waals surface area contributed by atoms with Crippen LogP contribution in [0.5, 0.6) is 0 Å². The van der Waals surface area contributed by atoms with Gasteiger partial charge in [0.05, 0.1) is 11.9 Å². The van der Waals surface area contributed by atoms with E-state index in [4.69, 9.17) is 26.1 Å². The first-order chi connectivity index (χ1) is 14.4. The lowest BCUT2D eigenvalue weighted by Gasteiger charge is -2.11. The van der Waals surface area contributed by atoms with Gasteiger partial charge in [-0.15, -0.1) is 11.3 Å². The Labute approximate surface area is 181 Å². The maximum Gasteiger partial charge on any atom is 0.371 e. The van der Waals surface area contributed by atoms with Crippen LogP contribution >= 0.6 is 22.9 Å². The fourth-order valence-electron chi connectivity index (χ4n) is 3.40. The monoisotopic (exact) mass is 442 g/mol. The van der Waals surface area contributed by atoms with Crippen LogP contribution in [0.15, 0.2) is 44.9 Å². The van der Waals surface area contributed by atoms with E-state index in [0.717, 1.165) is 23.1 Å². The third-order valence-electron chi connectivity index (χ3n) is 4.90. The third kappa shape index (κ3) is 3.66. The van der Waals surface area contributed by atoms with Crippen LogP contribution in [0.3, 0.4) is 0 Å². The molecule has 4 rings (SSSR count). The van der Waals surface area contributed by atoms with Crippen molar-refractivity contribution in [2.75, 3.05) is 0 Å². The van der Waals surface area contributed by atoms with Crippen LogP contribution in [0.4, 0.5) is 0 Å². The summed E-state index contributed by atoms with van der Waals surface area (Å²) in [6.07, 6.45) is 1.45. The van der Waals surface area contributed by atoms with Crippen LogP contribution in [0, 0.1) is 6.92 Å². The van der Waals surface area contributed by atoms with E-state index in [-0.39, 0.29) is 17.9 Å². The first kappa shape index (κ1) is 20.4. The molecular formula is C22H19ClN2O4S. The van der Waals surface area contributed by atoms with Gasteiger partial charge in [-0.1, -0.05) is 24.6 Å². The van der Waals surface area contributed by atoms with E-state index in [1.54, 1.807) is 10.6 Å². The molecule has 0 fully saturated rings. The molecule has 0 aliphatic carbocycles. The van der Waals surface area contributed by atoms with Crippen molar-refractivity contribution in [2.24, 2.45) is 0 Å². The second-order valence-electron chi connectivity index (χ2n) is 7.03. The number of fused-ring (bicyclic) bond motifs is 1. The molecule has 154 valence electrons. The number of aromatic carboxylic acids is 1. The van der Waals surface area contributed by atoms with E-state index in [9.17, 15) is 9.59 Å². The molecule has 0 saturated carbocycles. The van der Waals surface area contributed by atoms with Crippen molar-refractivity contribution in [3.63, 3.8) is 0 Å². The van der Waals surface area contributed by atoms with Gasteiger partial charge in [-0.25, -0.2) is 9.78 Å². The number of rotatable bonds is 6. The predicted molar refractivity (Wildman–Crippen MR) is 118 cm³/mol. The van der Waals surface area contributed by atoms with Gasteiger partial charge in [-0.3, -0.25) is 9.36 Å². The number of benzene rings is 1. The Bertz CT molecular complexity index is 1320. The number of hydrogen-bond acceptors (Lipinski definition) is 5. The van der Waals surface area contributed by atoms with Gasteiger partial charge in [0.15, 0.2) is 0 Å². The molecule has 0 aliphatic rings. The molecule has 0 bridgehead atoms. The number of nitrogens with zero attached hydrogens (tertiary/aromatic N) is 2. The third-order valence-corrected chi connectivity index (χ3v) is 6.20. The minimum absolute atomic E-state index is 0.124. The van der Waals surface area contributed by atoms with Gasteiger partial charge in [-0.2, -0.15) is 0 Å². The van der Waals surface area contributed by atoms with Crippen LogP contribution in [-0.2, 0) is 13.0 Å². The van der Waals surface area contributed by atoms with Gasteiger partial charge in [0.1, 0.15) is 16.4 Å². The zero-order valence-electron chi connectivity index (χ0n) is 16.4. The van der Waals surface area contributed by atoms with Crippen molar-refractivity contribution in [3.05, 3.63) is 74.0 Å². The topological polar surface area (TPSA) is 85.3 Å². The summed E-state index contributed by atoms with van der Waals surface area (Å²) in [5.74, 6) is -0.248. The Morgan fingerprint density at radius 3 is 2.77 bits per heavy atom. The molecule has 8 heteroatoms. The molecular weight excluding hydrogens is 424 g/mol. The van der Waals surface area contributed by atoms with Crippen LogP contribution < -0.4 is 5.56 Å². The Morgan fingerprint density at radius 1 is 1.30 bits per heavy atom. The number of hydrogen-bond donors (Lipinski definition) is 1. The highest BCUT2D eigenvalue weighted by Crippen LogP contribution is 2.33. The van der Waals surface area contributed by atoms with Crippen molar-refractivity contribution >= 4 is 39.1 Å². The zero-order chi connectivity index (χ0) is 21.4. The maximum absolute atomic E-state index is 13.5. The fraction of sp³-hybridized carbons (Fsp3) is 0.227. The smallest absolute Gasteiger partial charge is 0.371 e.